The fourth-order valence-corrected chi connectivity index (χ4v) is 3.32. The van der Waals surface area contributed by atoms with E-state index in [4.69, 9.17) is 5.73 Å². The summed E-state index contributed by atoms with van der Waals surface area (Å²) >= 11 is 0. The van der Waals surface area contributed by atoms with Crippen LogP contribution in [-0.2, 0) is 4.79 Å². The molecule has 3 heteroatoms. The lowest BCUT2D eigenvalue weighted by Gasteiger charge is -2.13. The van der Waals surface area contributed by atoms with Gasteiger partial charge >= 0.3 is 0 Å². The molecule has 0 aromatic heterocycles. The molecular formula is C16H14N2O. The van der Waals surface area contributed by atoms with Crippen molar-refractivity contribution in [2.45, 2.75) is 18.4 Å². The van der Waals surface area contributed by atoms with Crippen LogP contribution in [0.1, 0.15) is 23.5 Å². The maximum absolute atomic E-state index is 11.9. The third kappa shape index (κ3) is 1.39. The largest absolute Gasteiger partial charge is 0.324 e. The Morgan fingerprint density at radius 1 is 1.05 bits per heavy atom. The first-order valence-electron chi connectivity index (χ1n) is 6.54. The summed E-state index contributed by atoms with van der Waals surface area (Å²) in [6, 6.07) is 14.0. The number of hydrogen-bond acceptors (Lipinski definition) is 2. The molecule has 19 heavy (non-hydrogen) atoms. The zero-order valence-corrected chi connectivity index (χ0v) is 10.4. The number of benzene rings is 2. The van der Waals surface area contributed by atoms with Gasteiger partial charge in [-0.25, -0.2) is 0 Å². The van der Waals surface area contributed by atoms with E-state index in [1.165, 1.54) is 22.3 Å². The van der Waals surface area contributed by atoms with E-state index in [2.05, 4.69) is 35.6 Å². The van der Waals surface area contributed by atoms with Gasteiger partial charge in [0.15, 0.2) is 0 Å². The Morgan fingerprint density at radius 3 is 2.74 bits per heavy atom. The highest BCUT2D eigenvalue weighted by Gasteiger charge is 2.36. The van der Waals surface area contributed by atoms with Crippen LogP contribution in [0.15, 0.2) is 42.5 Å². The van der Waals surface area contributed by atoms with Crippen LogP contribution in [0.2, 0.25) is 0 Å². The van der Waals surface area contributed by atoms with E-state index < -0.39 is 6.04 Å². The lowest BCUT2D eigenvalue weighted by Crippen LogP contribution is -2.35. The number of amides is 1. The smallest absolute Gasteiger partial charge is 0.241 e. The van der Waals surface area contributed by atoms with Crippen LogP contribution < -0.4 is 11.1 Å². The molecule has 3 nitrogen and oxygen atoms in total. The van der Waals surface area contributed by atoms with Crippen LogP contribution in [-0.4, -0.2) is 11.9 Å². The summed E-state index contributed by atoms with van der Waals surface area (Å²) < 4.78 is 0. The van der Waals surface area contributed by atoms with E-state index in [1.54, 1.807) is 0 Å². The van der Waals surface area contributed by atoms with Crippen molar-refractivity contribution in [1.29, 1.82) is 0 Å². The van der Waals surface area contributed by atoms with E-state index in [-0.39, 0.29) is 11.8 Å². The minimum Gasteiger partial charge on any atom is -0.324 e. The molecule has 94 valence electrons. The van der Waals surface area contributed by atoms with Gasteiger partial charge in [0, 0.05) is 11.6 Å². The van der Waals surface area contributed by atoms with Gasteiger partial charge in [-0.15, -0.1) is 0 Å². The Bertz CT molecular complexity index is 693. The Morgan fingerprint density at radius 2 is 1.84 bits per heavy atom. The Labute approximate surface area is 111 Å². The van der Waals surface area contributed by atoms with Gasteiger partial charge in [0.1, 0.15) is 0 Å². The Balaban J connectivity index is 2.02. The third-order valence-electron chi connectivity index (χ3n) is 4.17. The van der Waals surface area contributed by atoms with E-state index in [9.17, 15) is 4.79 Å². The maximum Gasteiger partial charge on any atom is 0.241 e. The number of fused-ring (bicyclic) bond motifs is 3. The molecule has 0 radical (unpaired) electrons. The van der Waals surface area contributed by atoms with E-state index in [0.29, 0.717) is 6.42 Å². The van der Waals surface area contributed by atoms with Gasteiger partial charge in [-0.05, 0) is 34.7 Å². The van der Waals surface area contributed by atoms with Gasteiger partial charge in [0.2, 0.25) is 5.91 Å². The van der Waals surface area contributed by atoms with E-state index in [1.807, 2.05) is 12.1 Å². The molecule has 1 amide bonds. The third-order valence-corrected chi connectivity index (χ3v) is 4.17. The fraction of sp³-hybridized carbons (Fsp3) is 0.188. The van der Waals surface area contributed by atoms with Crippen LogP contribution in [0.25, 0.3) is 11.1 Å². The van der Waals surface area contributed by atoms with Gasteiger partial charge in [-0.2, -0.15) is 0 Å². The molecule has 0 saturated carbocycles. The number of carbonyl (C=O) groups is 1. The summed E-state index contributed by atoms with van der Waals surface area (Å²) in [6.07, 6.45) is 0.673. The Hall–Kier alpha value is -2.13. The van der Waals surface area contributed by atoms with Crippen molar-refractivity contribution in [2.24, 2.45) is 5.73 Å². The normalized spacial score (nSPS) is 23.3. The van der Waals surface area contributed by atoms with Gasteiger partial charge in [-0.1, -0.05) is 36.4 Å². The number of rotatable bonds is 0. The summed E-state index contributed by atoms with van der Waals surface area (Å²) in [5.41, 5.74) is 11.9. The van der Waals surface area contributed by atoms with Crippen molar-refractivity contribution >= 4 is 11.6 Å². The zero-order valence-electron chi connectivity index (χ0n) is 10.4. The van der Waals surface area contributed by atoms with Crippen molar-refractivity contribution in [3.05, 3.63) is 53.6 Å². The molecule has 4 rings (SSSR count). The Kier molecular flexibility index (Phi) is 2.09. The van der Waals surface area contributed by atoms with Crippen molar-refractivity contribution in [2.75, 3.05) is 5.32 Å². The molecule has 0 bridgehead atoms. The summed E-state index contributed by atoms with van der Waals surface area (Å²) in [6.45, 7) is 0. The number of carbonyl (C=O) groups excluding carboxylic acids is 1. The molecular weight excluding hydrogens is 236 g/mol. The lowest BCUT2D eigenvalue weighted by atomic mass is 9.91. The SMILES string of the molecule is N[C@H]1C[C@@H]2c3ccccc3-c3cccc(c32)NC1=O. The highest BCUT2D eigenvalue weighted by molar-refractivity contribution is 5.99. The second-order valence-corrected chi connectivity index (χ2v) is 5.24. The van der Waals surface area contributed by atoms with Crippen LogP contribution in [0, 0.1) is 0 Å². The first-order chi connectivity index (χ1) is 9.25. The molecule has 2 aliphatic rings. The molecule has 1 aliphatic carbocycles. The second kappa shape index (κ2) is 3.68. The van der Waals surface area contributed by atoms with Gasteiger partial charge in [0.05, 0.1) is 6.04 Å². The average molecular weight is 250 g/mol. The quantitative estimate of drug-likeness (QED) is 0.754. The predicted octanol–water partition coefficient (Wildman–Crippen LogP) is 2.47. The lowest BCUT2D eigenvalue weighted by molar-refractivity contribution is -0.117. The average Bonchev–Trinajstić information content (AvgIpc) is 2.67. The number of nitrogens with two attached hydrogens (primary N) is 1. The van der Waals surface area contributed by atoms with Crippen molar-refractivity contribution < 1.29 is 4.79 Å². The van der Waals surface area contributed by atoms with E-state index in [0.717, 1.165) is 5.69 Å². The van der Waals surface area contributed by atoms with Crippen molar-refractivity contribution in [1.82, 2.24) is 0 Å². The molecule has 0 saturated heterocycles. The molecule has 0 spiro atoms. The van der Waals surface area contributed by atoms with Gasteiger partial charge < -0.3 is 11.1 Å². The van der Waals surface area contributed by atoms with Crippen LogP contribution in [0.4, 0.5) is 5.69 Å². The molecule has 1 aliphatic heterocycles. The van der Waals surface area contributed by atoms with Crippen molar-refractivity contribution in [3.8, 4) is 11.1 Å². The highest BCUT2D eigenvalue weighted by Crippen LogP contribution is 2.50. The summed E-state index contributed by atoms with van der Waals surface area (Å²) in [7, 11) is 0. The fourth-order valence-electron chi connectivity index (χ4n) is 3.32. The molecule has 2 aromatic rings. The molecule has 3 N–H and O–H groups in total. The molecule has 0 unspecified atom stereocenters. The van der Waals surface area contributed by atoms with Crippen LogP contribution in [0.3, 0.4) is 0 Å². The standard InChI is InChI=1S/C16H14N2O/c17-13-8-12-10-5-2-1-4-9(10)11-6-3-7-14(15(11)12)18-16(13)19/h1-7,12-13H,8,17H2,(H,18,19)/t12-,13+/m1/s1. The highest BCUT2D eigenvalue weighted by atomic mass is 16.2. The molecule has 0 fully saturated rings. The molecule has 2 aromatic carbocycles. The number of hydrogen-bond donors (Lipinski definition) is 2. The minimum atomic E-state index is -0.448. The second-order valence-electron chi connectivity index (χ2n) is 5.24. The minimum absolute atomic E-state index is 0.0831. The molecule has 1 heterocycles. The monoisotopic (exact) mass is 250 g/mol. The number of nitrogens with one attached hydrogen (secondary N) is 1. The number of anilines is 1. The maximum atomic E-state index is 11.9. The predicted molar refractivity (Wildman–Crippen MR) is 74.9 cm³/mol. The topological polar surface area (TPSA) is 55.1 Å². The molecule has 2 atom stereocenters. The van der Waals surface area contributed by atoms with E-state index >= 15 is 0 Å². The summed E-state index contributed by atoms with van der Waals surface area (Å²) in [5, 5.41) is 2.95. The summed E-state index contributed by atoms with van der Waals surface area (Å²) in [4.78, 5) is 11.9. The van der Waals surface area contributed by atoms with Gasteiger partial charge in [-0.3, -0.25) is 4.79 Å². The van der Waals surface area contributed by atoms with Crippen LogP contribution >= 0.6 is 0 Å². The van der Waals surface area contributed by atoms with Gasteiger partial charge in [0.25, 0.3) is 0 Å². The first kappa shape index (κ1) is 10.8. The van der Waals surface area contributed by atoms with Crippen LogP contribution in [0.5, 0.6) is 0 Å². The summed E-state index contributed by atoms with van der Waals surface area (Å²) in [5.74, 6) is 0.150. The first-order valence-corrected chi connectivity index (χ1v) is 6.54. The van der Waals surface area contributed by atoms with Crippen molar-refractivity contribution in [3.63, 3.8) is 0 Å². The zero-order chi connectivity index (χ0) is 13.0.